The number of nitrogens with zero attached hydrogens (tertiary/aromatic N) is 4. The maximum Gasteiger partial charge on any atom is 0.340 e. The van der Waals surface area contributed by atoms with Gasteiger partial charge in [0.15, 0.2) is 12.3 Å². The summed E-state index contributed by atoms with van der Waals surface area (Å²) < 4.78 is 6.87. The Balaban J connectivity index is 1.61. The predicted molar refractivity (Wildman–Crippen MR) is 110 cm³/mol. The lowest BCUT2D eigenvalue weighted by atomic mass is 10.2. The van der Waals surface area contributed by atoms with Crippen molar-refractivity contribution in [3.63, 3.8) is 0 Å². The fraction of sp³-hybridized carbons (Fsp3) is 0.250. The van der Waals surface area contributed by atoms with Crippen LogP contribution < -0.4 is 5.32 Å². The van der Waals surface area contributed by atoms with Crippen molar-refractivity contribution in [2.45, 2.75) is 24.8 Å². The normalized spacial score (nSPS) is 10.7. The number of hydrogen-bond donors (Lipinski definition) is 1. The summed E-state index contributed by atoms with van der Waals surface area (Å²) in [7, 11) is 0. The van der Waals surface area contributed by atoms with Crippen LogP contribution in [0.2, 0.25) is 0 Å². The van der Waals surface area contributed by atoms with Gasteiger partial charge in [0, 0.05) is 22.5 Å². The Morgan fingerprint density at radius 1 is 1.31 bits per heavy atom. The van der Waals surface area contributed by atoms with E-state index in [-0.39, 0.29) is 17.4 Å². The van der Waals surface area contributed by atoms with Crippen LogP contribution in [-0.4, -0.2) is 39.0 Å². The highest BCUT2D eigenvalue weighted by Crippen LogP contribution is 2.26. The Kier molecular flexibility index (Phi) is 6.46. The second kappa shape index (κ2) is 9.21. The quantitative estimate of drug-likeness (QED) is 0.470. The Morgan fingerprint density at radius 2 is 2.10 bits per heavy atom. The van der Waals surface area contributed by atoms with Crippen LogP contribution in [0.25, 0.3) is 11.0 Å². The molecule has 8 nitrogen and oxygen atoms in total. The molecule has 3 aromatic rings. The number of carbonyl (C=O) groups excluding carboxylic acids is 2. The smallest absolute Gasteiger partial charge is 0.340 e. The van der Waals surface area contributed by atoms with Gasteiger partial charge in [-0.05, 0) is 32.0 Å². The van der Waals surface area contributed by atoms with Crippen LogP contribution >= 0.6 is 11.8 Å². The standard InChI is InChI=1S/C20H19N5O3S/c1-13(2)25-19-14(11-23-25)9-15(10-22-19)20(27)28-12-18(26)24-16-5-3-4-6-17(16)29-8-7-21/h3-6,9-11,13H,8,12H2,1-2H3,(H,24,26). The Hall–Kier alpha value is -3.38. The first-order valence-electron chi connectivity index (χ1n) is 8.88. The highest BCUT2D eigenvalue weighted by molar-refractivity contribution is 7.99. The minimum Gasteiger partial charge on any atom is -0.452 e. The maximum atomic E-state index is 12.3. The SMILES string of the molecule is CC(C)n1ncc2cc(C(=O)OCC(=O)Nc3ccccc3SCC#N)cnc21. The fourth-order valence-electron chi connectivity index (χ4n) is 2.64. The number of thioether (sulfide) groups is 1. The molecule has 0 aliphatic rings. The largest absolute Gasteiger partial charge is 0.452 e. The highest BCUT2D eigenvalue weighted by Gasteiger charge is 2.15. The number of rotatable bonds is 7. The number of anilines is 1. The van der Waals surface area contributed by atoms with Gasteiger partial charge in [0.2, 0.25) is 0 Å². The summed E-state index contributed by atoms with van der Waals surface area (Å²) in [5, 5.41) is 16.4. The zero-order chi connectivity index (χ0) is 20.8. The van der Waals surface area contributed by atoms with Crippen LogP contribution in [0, 0.1) is 11.3 Å². The zero-order valence-corrected chi connectivity index (χ0v) is 16.8. The summed E-state index contributed by atoms with van der Waals surface area (Å²) in [6, 6.07) is 11.0. The fourth-order valence-corrected chi connectivity index (χ4v) is 3.31. The Morgan fingerprint density at radius 3 is 2.86 bits per heavy atom. The van der Waals surface area contributed by atoms with E-state index in [0.717, 1.165) is 10.3 Å². The van der Waals surface area contributed by atoms with Gasteiger partial charge in [-0.25, -0.2) is 14.5 Å². The van der Waals surface area contributed by atoms with Crippen molar-refractivity contribution in [3.05, 3.63) is 48.3 Å². The summed E-state index contributed by atoms with van der Waals surface area (Å²) in [4.78, 5) is 29.5. The molecule has 0 saturated heterocycles. The molecule has 1 aromatic carbocycles. The third kappa shape index (κ3) is 4.92. The molecule has 1 amide bonds. The minimum absolute atomic E-state index is 0.149. The first-order valence-corrected chi connectivity index (χ1v) is 9.87. The van der Waals surface area contributed by atoms with Gasteiger partial charge in [-0.3, -0.25) is 4.79 Å². The number of nitriles is 1. The predicted octanol–water partition coefficient (Wildman–Crippen LogP) is 3.42. The van der Waals surface area contributed by atoms with E-state index < -0.39 is 18.5 Å². The van der Waals surface area contributed by atoms with Crippen molar-refractivity contribution < 1.29 is 14.3 Å². The van der Waals surface area contributed by atoms with Gasteiger partial charge in [0.25, 0.3) is 5.91 Å². The Bertz CT molecular complexity index is 1090. The van der Waals surface area contributed by atoms with E-state index in [1.165, 1.54) is 18.0 Å². The van der Waals surface area contributed by atoms with Crippen LogP contribution in [0.5, 0.6) is 0 Å². The lowest BCUT2D eigenvalue weighted by molar-refractivity contribution is -0.119. The number of amides is 1. The number of fused-ring (bicyclic) bond motifs is 1. The van der Waals surface area contributed by atoms with E-state index in [4.69, 9.17) is 10.00 Å². The van der Waals surface area contributed by atoms with Gasteiger partial charge >= 0.3 is 5.97 Å². The van der Waals surface area contributed by atoms with E-state index in [1.807, 2.05) is 32.0 Å². The van der Waals surface area contributed by atoms with Crippen molar-refractivity contribution in [2.75, 3.05) is 17.7 Å². The minimum atomic E-state index is -0.640. The van der Waals surface area contributed by atoms with Crippen LogP contribution in [0.4, 0.5) is 5.69 Å². The molecule has 0 saturated carbocycles. The highest BCUT2D eigenvalue weighted by atomic mass is 32.2. The van der Waals surface area contributed by atoms with Crippen molar-refractivity contribution in [1.29, 1.82) is 5.26 Å². The van der Waals surface area contributed by atoms with Crippen molar-refractivity contribution >= 4 is 40.4 Å². The van der Waals surface area contributed by atoms with Gasteiger partial charge < -0.3 is 10.1 Å². The van der Waals surface area contributed by atoms with Crippen LogP contribution in [0.1, 0.15) is 30.2 Å². The Labute approximate surface area is 171 Å². The molecular formula is C20H19N5O3S. The summed E-state index contributed by atoms with van der Waals surface area (Å²) in [6.45, 7) is 3.55. The van der Waals surface area contributed by atoms with Gasteiger partial charge in [0.05, 0.1) is 29.3 Å². The molecule has 0 unspecified atom stereocenters. The number of carbonyl (C=O) groups is 2. The molecule has 9 heteroatoms. The van der Waals surface area contributed by atoms with E-state index in [9.17, 15) is 9.59 Å². The van der Waals surface area contributed by atoms with E-state index in [0.29, 0.717) is 11.3 Å². The maximum absolute atomic E-state index is 12.3. The number of pyridine rings is 1. The molecule has 0 bridgehead atoms. The van der Waals surface area contributed by atoms with E-state index in [2.05, 4.69) is 15.4 Å². The monoisotopic (exact) mass is 409 g/mol. The number of aromatic nitrogens is 3. The van der Waals surface area contributed by atoms with E-state index >= 15 is 0 Å². The summed E-state index contributed by atoms with van der Waals surface area (Å²) in [5.74, 6) is -0.839. The second-order valence-corrected chi connectivity index (χ2v) is 7.40. The average molecular weight is 409 g/mol. The molecule has 29 heavy (non-hydrogen) atoms. The third-order valence-corrected chi connectivity index (χ3v) is 4.89. The lowest BCUT2D eigenvalue weighted by Crippen LogP contribution is -2.21. The van der Waals surface area contributed by atoms with Crippen LogP contribution in [0.3, 0.4) is 0 Å². The number of nitrogens with one attached hydrogen (secondary N) is 1. The van der Waals surface area contributed by atoms with Gasteiger partial charge in [-0.2, -0.15) is 10.4 Å². The molecule has 0 radical (unpaired) electrons. The molecule has 2 heterocycles. The topological polar surface area (TPSA) is 110 Å². The number of benzene rings is 1. The molecule has 0 spiro atoms. The van der Waals surface area contributed by atoms with Crippen molar-refractivity contribution in [3.8, 4) is 6.07 Å². The van der Waals surface area contributed by atoms with E-state index in [1.54, 1.807) is 29.1 Å². The van der Waals surface area contributed by atoms with Crippen LogP contribution in [-0.2, 0) is 9.53 Å². The molecule has 0 fully saturated rings. The van der Waals surface area contributed by atoms with Crippen LogP contribution in [0.15, 0.2) is 47.6 Å². The molecule has 1 N–H and O–H groups in total. The summed E-state index contributed by atoms with van der Waals surface area (Å²) >= 11 is 1.32. The molecule has 0 aliphatic heterocycles. The molecule has 148 valence electrons. The lowest BCUT2D eigenvalue weighted by Gasteiger charge is -2.10. The summed E-state index contributed by atoms with van der Waals surface area (Å²) in [5.41, 5.74) is 1.50. The molecule has 2 aromatic heterocycles. The number of ether oxygens (including phenoxy) is 1. The first-order chi connectivity index (χ1) is 14.0. The number of esters is 1. The van der Waals surface area contributed by atoms with Gasteiger partial charge in [-0.1, -0.05) is 12.1 Å². The number of para-hydroxylation sites is 1. The molecule has 3 rings (SSSR count). The average Bonchev–Trinajstić information content (AvgIpc) is 3.15. The third-order valence-electron chi connectivity index (χ3n) is 3.95. The van der Waals surface area contributed by atoms with Gasteiger partial charge in [-0.15, -0.1) is 11.8 Å². The molecule has 0 atom stereocenters. The molecular weight excluding hydrogens is 390 g/mol. The molecule has 0 aliphatic carbocycles. The summed E-state index contributed by atoms with van der Waals surface area (Å²) in [6.07, 6.45) is 3.05. The van der Waals surface area contributed by atoms with Gasteiger partial charge in [0.1, 0.15) is 0 Å². The van der Waals surface area contributed by atoms with Crippen molar-refractivity contribution in [1.82, 2.24) is 14.8 Å². The first kappa shape index (κ1) is 20.4. The van der Waals surface area contributed by atoms with Crippen molar-refractivity contribution in [2.24, 2.45) is 0 Å². The zero-order valence-electron chi connectivity index (χ0n) is 16.0. The number of hydrogen-bond acceptors (Lipinski definition) is 7. The second-order valence-electron chi connectivity index (χ2n) is 6.39.